The molecule has 0 bridgehead atoms. The van der Waals surface area contributed by atoms with Crippen LogP contribution in [0.15, 0.2) is 0 Å². The number of rotatable bonds is 2. The maximum Gasteiger partial charge on any atom is 0.404 e. The van der Waals surface area contributed by atoms with Crippen molar-refractivity contribution >= 4 is 34.4 Å². The molecule has 0 aromatic heterocycles. The molecule has 1 fully saturated rings. The molecule has 0 spiro atoms. The van der Waals surface area contributed by atoms with Crippen LogP contribution in [0.25, 0.3) is 0 Å². The molecule has 1 aliphatic heterocycles. The number of nitrogens with one attached hydrogen (secondary N) is 1. The van der Waals surface area contributed by atoms with E-state index in [0.29, 0.717) is 0 Å². The summed E-state index contributed by atoms with van der Waals surface area (Å²) in [5.74, 6) is 0. The van der Waals surface area contributed by atoms with E-state index in [1.54, 1.807) is 0 Å². The number of hydrogen-bond acceptors (Lipinski definition) is 5. The molecular formula is C9H27NO4Si4. The van der Waals surface area contributed by atoms with Crippen molar-refractivity contribution in [1.82, 2.24) is 4.98 Å². The van der Waals surface area contributed by atoms with Crippen molar-refractivity contribution in [2.45, 2.75) is 52.8 Å². The van der Waals surface area contributed by atoms with Crippen molar-refractivity contribution in [3.8, 4) is 0 Å². The highest BCUT2D eigenvalue weighted by atomic mass is 28.5. The van der Waals surface area contributed by atoms with Gasteiger partial charge in [0.1, 0.15) is 0 Å². The summed E-state index contributed by atoms with van der Waals surface area (Å²) in [5.41, 5.74) is 0. The second-order valence-electron chi connectivity index (χ2n) is 6.08. The Balaban J connectivity index is 3.01. The average molecular weight is 326 g/mol. The van der Waals surface area contributed by atoms with Crippen molar-refractivity contribution in [2.24, 2.45) is 0 Å². The van der Waals surface area contributed by atoms with Crippen molar-refractivity contribution < 1.29 is 16.5 Å². The molecular weight excluding hydrogens is 298 g/mol. The van der Waals surface area contributed by atoms with E-state index in [2.05, 4.69) is 51.2 Å². The van der Waals surface area contributed by atoms with Gasteiger partial charge < -0.3 is 16.5 Å². The first-order valence-corrected chi connectivity index (χ1v) is 17.2. The third-order valence-corrected chi connectivity index (χ3v) is 18.3. The van der Waals surface area contributed by atoms with Crippen molar-refractivity contribution in [3.63, 3.8) is 0 Å². The quantitative estimate of drug-likeness (QED) is 0.790. The highest BCUT2D eigenvalue weighted by molar-refractivity contribution is 6.92. The largest absolute Gasteiger partial charge is 0.416 e. The maximum atomic E-state index is 6.29. The third kappa shape index (κ3) is 4.98. The monoisotopic (exact) mass is 325 g/mol. The molecule has 18 heavy (non-hydrogen) atoms. The molecule has 0 unspecified atom stereocenters. The van der Waals surface area contributed by atoms with Gasteiger partial charge in [0.15, 0.2) is 0 Å². The Bertz CT molecular complexity index is 289. The predicted molar refractivity (Wildman–Crippen MR) is 82.1 cm³/mol. The van der Waals surface area contributed by atoms with Crippen LogP contribution >= 0.6 is 0 Å². The van der Waals surface area contributed by atoms with Crippen LogP contribution in [0.1, 0.15) is 6.92 Å². The van der Waals surface area contributed by atoms with Gasteiger partial charge in [0, 0.05) is 0 Å². The van der Waals surface area contributed by atoms with E-state index in [-0.39, 0.29) is 0 Å². The molecule has 0 aliphatic carbocycles. The van der Waals surface area contributed by atoms with Crippen LogP contribution in [0.5, 0.6) is 0 Å². The topological polar surface area (TPSA) is 49.0 Å². The van der Waals surface area contributed by atoms with Crippen molar-refractivity contribution in [3.05, 3.63) is 0 Å². The van der Waals surface area contributed by atoms with Crippen LogP contribution in [-0.2, 0) is 16.5 Å². The van der Waals surface area contributed by atoms with Gasteiger partial charge in [-0.25, -0.2) is 0 Å². The van der Waals surface area contributed by atoms with E-state index in [4.69, 9.17) is 16.5 Å². The van der Waals surface area contributed by atoms with E-state index >= 15 is 0 Å². The maximum absolute atomic E-state index is 6.29. The van der Waals surface area contributed by atoms with E-state index < -0.39 is 34.4 Å². The van der Waals surface area contributed by atoms with Crippen LogP contribution in [0.3, 0.4) is 0 Å². The molecule has 0 aromatic carbocycles. The summed E-state index contributed by atoms with van der Waals surface area (Å²) in [4.78, 5) is 3.39. The van der Waals surface area contributed by atoms with Crippen molar-refractivity contribution in [2.75, 3.05) is 6.54 Å². The zero-order valence-corrected chi connectivity index (χ0v) is 16.8. The summed E-state index contributed by atoms with van der Waals surface area (Å²) in [6.45, 7) is 17.3. The van der Waals surface area contributed by atoms with Gasteiger partial charge in [-0.2, -0.15) is 0 Å². The molecule has 108 valence electrons. The Hall–Kier alpha value is 0.668. The Morgan fingerprint density at radius 1 is 0.667 bits per heavy atom. The molecule has 0 saturated carbocycles. The van der Waals surface area contributed by atoms with E-state index in [0.717, 1.165) is 6.54 Å². The summed E-state index contributed by atoms with van der Waals surface area (Å²) in [5, 5.41) is 0. The first-order valence-electron chi connectivity index (χ1n) is 6.44. The minimum absolute atomic E-state index is 0.832. The Labute approximate surface area is 115 Å². The van der Waals surface area contributed by atoms with E-state index in [1.165, 1.54) is 0 Å². The lowest BCUT2D eigenvalue weighted by atomic mass is 10.8. The molecule has 0 aromatic rings. The highest BCUT2D eigenvalue weighted by Gasteiger charge is 2.52. The highest BCUT2D eigenvalue weighted by Crippen LogP contribution is 2.29. The third-order valence-electron chi connectivity index (χ3n) is 2.36. The SMILES string of the molecule is CCN[Si]1(C)O[Si](C)(C)O[Si](C)(C)O[Si](C)(C)O1. The van der Waals surface area contributed by atoms with Gasteiger partial charge in [0.25, 0.3) is 0 Å². The zero-order valence-electron chi connectivity index (χ0n) is 12.8. The normalized spacial score (nSPS) is 29.3. The van der Waals surface area contributed by atoms with Crippen LogP contribution in [0, 0.1) is 0 Å². The summed E-state index contributed by atoms with van der Waals surface area (Å²) in [6, 6.07) is 0. The average Bonchev–Trinajstić information content (AvgIpc) is 1.91. The molecule has 0 radical (unpaired) electrons. The second-order valence-corrected chi connectivity index (χ2v) is 20.0. The Kier molecular flexibility index (Phi) is 4.85. The Morgan fingerprint density at radius 3 is 1.33 bits per heavy atom. The molecule has 0 amide bonds. The first-order chi connectivity index (χ1) is 7.89. The van der Waals surface area contributed by atoms with Crippen LogP contribution in [0.2, 0.25) is 45.8 Å². The van der Waals surface area contributed by atoms with Gasteiger partial charge in [-0.05, 0) is 52.4 Å². The zero-order chi connectivity index (χ0) is 14.2. The summed E-state index contributed by atoms with van der Waals surface area (Å²) >= 11 is 0. The summed E-state index contributed by atoms with van der Waals surface area (Å²) in [6.07, 6.45) is 0. The molecule has 5 nitrogen and oxygen atoms in total. The molecule has 0 atom stereocenters. The summed E-state index contributed by atoms with van der Waals surface area (Å²) in [7, 11) is -8.99. The van der Waals surface area contributed by atoms with Crippen LogP contribution < -0.4 is 4.98 Å². The fourth-order valence-electron chi connectivity index (χ4n) is 2.60. The fourth-order valence-corrected chi connectivity index (χ4v) is 23.0. The summed E-state index contributed by atoms with van der Waals surface area (Å²) < 4.78 is 25.0. The van der Waals surface area contributed by atoms with E-state index in [9.17, 15) is 0 Å². The predicted octanol–water partition coefficient (Wildman–Crippen LogP) is 2.35. The lowest BCUT2D eigenvalue weighted by Crippen LogP contribution is -2.69. The number of hydrogen-bond donors (Lipinski definition) is 1. The van der Waals surface area contributed by atoms with Crippen LogP contribution in [0.4, 0.5) is 0 Å². The molecule has 1 aliphatic rings. The van der Waals surface area contributed by atoms with Gasteiger partial charge in [-0.15, -0.1) is 0 Å². The fraction of sp³-hybridized carbons (Fsp3) is 1.00. The standard InChI is InChI=1S/C9H27NO4Si4/c1-9-10-18(8)13-16(4,5)11-15(2,3)12-17(6,7)14-18/h10H,9H2,1-8H3. The van der Waals surface area contributed by atoms with Gasteiger partial charge >= 0.3 is 34.4 Å². The lowest BCUT2D eigenvalue weighted by molar-refractivity contribution is 0.227. The molecule has 1 saturated heterocycles. The molecule has 1 rings (SSSR count). The van der Waals surface area contributed by atoms with Gasteiger partial charge in [0.2, 0.25) is 0 Å². The minimum Gasteiger partial charge on any atom is -0.416 e. The first kappa shape index (κ1) is 16.7. The van der Waals surface area contributed by atoms with Gasteiger partial charge in [-0.3, -0.25) is 4.98 Å². The lowest BCUT2D eigenvalue weighted by Gasteiger charge is -2.47. The second kappa shape index (κ2) is 5.22. The van der Waals surface area contributed by atoms with E-state index in [1.807, 2.05) is 6.55 Å². The molecule has 9 heteroatoms. The minimum atomic E-state index is -2.41. The smallest absolute Gasteiger partial charge is 0.404 e. The van der Waals surface area contributed by atoms with Gasteiger partial charge in [0.05, 0.1) is 0 Å². The van der Waals surface area contributed by atoms with Crippen LogP contribution in [-0.4, -0.2) is 41.0 Å². The Morgan fingerprint density at radius 2 is 1.00 bits per heavy atom. The van der Waals surface area contributed by atoms with Gasteiger partial charge in [-0.1, -0.05) is 6.92 Å². The molecule has 1 N–H and O–H groups in total. The molecule has 1 heterocycles. The van der Waals surface area contributed by atoms with Crippen molar-refractivity contribution in [1.29, 1.82) is 0 Å².